The summed E-state index contributed by atoms with van der Waals surface area (Å²) in [5.41, 5.74) is -0.168. The molecule has 0 bridgehead atoms. The van der Waals surface area contributed by atoms with Crippen molar-refractivity contribution < 1.29 is 14.7 Å². The molecule has 1 saturated heterocycles. The van der Waals surface area contributed by atoms with Gasteiger partial charge in [-0.15, -0.1) is 0 Å². The molecule has 1 saturated carbocycles. The van der Waals surface area contributed by atoms with Crippen molar-refractivity contribution in [2.24, 2.45) is 11.8 Å². The molecule has 2 rings (SSSR count). The first kappa shape index (κ1) is 12.2. The molecule has 2 fully saturated rings. The fourth-order valence-corrected chi connectivity index (χ4v) is 2.41. The average molecular weight is 240 g/mol. The number of carboxylic acids is 1. The predicted octanol–water partition coefficient (Wildman–Crippen LogP) is 1.29. The van der Waals surface area contributed by atoms with Crippen LogP contribution in [0.2, 0.25) is 0 Å². The molecular weight excluding hydrogens is 220 g/mol. The van der Waals surface area contributed by atoms with Gasteiger partial charge in [-0.25, -0.2) is 4.79 Å². The second-order valence-electron chi connectivity index (χ2n) is 5.70. The molecule has 96 valence electrons. The lowest BCUT2D eigenvalue weighted by Gasteiger charge is -2.29. The molecule has 1 heterocycles. The topological polar surface area (TPSA) is 69.6 Å². The molecule has 1 aliphatic heterocycles. The van der Waals surface area contributed by atoms with E-state index in [-0.39, 0.29) is 11.6 Å². The van der Waals surface area contributed by atoms with Crippen molar-refractivity contribution in [3.63, 3.8) is 0 Å². The molecule has 5 heteroatoms. The third kappa shape index (κ3) is 2.70. The molecule has 2 N–H and O–H groups in total. The molecule has 0 aromatic heterocycles. The van der Waals surface area contributed by atoms with E-state index >= 15 is 0 Å². The Morgan fingerprint density at radius 1 is 1.29 bits per heavy atom. The predicted molar refractivity (Wildman–Crippen MR) is 62.7 cm³/mol. The second kappa shape index (κ2) is 4.20. The number of amides is 2. The smallest absolute Gasteiger partial charge is 0.317 e. The molecule has 2 amide bonds. The molecule has 5 nitrogen and oxygen atoms in total. The van der Waals surface area contributed by atoms with Crippen LogP contribution >= 0.6 is 0 Å². The third-order valence-electron chi connectivity index (χ3n) is 3.85. The summed E-state index contributed by atoms with van der Waals surface area (Å²) in [6, 6.07) is -0.120. The summed E-state index contributed by atoms with van der Waals surface area (Å²) in [7, 11) is 0. The fourth-order valence-electron chi connectivity index (χ4n) is 2.41. The van der Waals surface area contributed by atoms with Crippen molar-refractivity contribution in [2.45, 2.75) is 38.6 Å². The van der Waals surface area contributed by atoms with Gasteiger partial charge in [-0.2, -0.15) is 0 Å². The monoisotopic (exact) mass is 240 g/mol. The number of carbonyl (C=O) groups excluding carboxylic acids is 1. The van der Waals surface area contributed by atoms with Gasteiger partial charge in [0.25, 0.3) is 0 Å². The molecule has 0 radical (unpaired) electrons. The summed E-state index contributed by atoms with van der Waals surface area (Å²) in [5, 5.41) is 11.9. The highest BCUT2D eigenvalue weighted by atomic mass is 16.4. The summed E-state index contributed by atoms with van der Waals surface area (Å²) in [4.78, 5) is 24.4. The molecule has 0 aromatic rings. The fraction of sp³-hybridized carbons (Fsp3) is 0.833. The Morgan fingerprint density at radius 3 is 2.41 bits per heavy atom. The highest BCUT2D eigenvalue weighted by Crippen LogP contribution is 2.39. The van der Waals surface area contributed by atoms with Gasteiger partial charge in [0.05, 0.1) is 5.92 Å². The minimum absolute atomic E-state index is 0.120. The van der Waals surface area contributed by atoms with Crippen molar-refractivity contribution >= 4 is 12.0 Å². The maximum absolute atomic E-state index is 12.0. The van der Waals surface area contributed by atoms with E-state index in [9.17, 15) is 9.59 Å². The van der Waals surface area contributed by atoms with E-state index < -0.39 is 11.9 Å². The number of hydrogen-bond donors (Lipinski definition) is 2. The van der Waals surface area contributed by atoms with E-state index in [1.807, 2.05) is 13.8 Å². The van der Waals surface area contributed by atoms with Gasteiger partial charge in [0.1, 0.15) is 0 Å². The van der Waals surface area contributed by atoms with Gasteiger partial charge in [-0.3, -0.25) is 4.79 Å². The summed E-state index contributed by atoms with van der Waals surface area (Å²) in [6.07, 6.45) is 2.91. The average Bonchev–Trinajstić information content (AvgIpc) is 2.95. The van der Waals surface area contributed by atoms with Gasteiger partial charge < -0.3 is 15.3 Å². The number of aliphatic carboxylic acids is 1. The standard InChI is InChI=1S/C12H20N2O3/c1-12(2,9-3-4-9)13-11(17)14-6-5-8(7-14)10(15)16/h8-9H,3-7H2,1-2H3,(H,13,17)(H,15,16). The quantitative estimate of drug-likeness (QED) is 0.781. The van der Waals surface area contributed by atoms with Gasteiger partial charge in [0, 0.05) is 18.6 Å². The lowest BCUT2D eigenvalue weighted by atomic mass is 9.99. The summed E-state index contributed by atoms with van der Waals surface area (Å²) in [5.74, 6) is -0.629. The van der Waals surface area contributed by atoms with E-state index in [0.717, 1.165) is 0 Å². The number of urea groups is 1. The van der Waals surface area contributed by atoms with Crippen molar-refractivity contribution in [2.75, 3.05) is 13.1 Å². The summed E-state index contributed by atoms with van der Waals surface area (Å²) >= 11 is 0. The van der Waals surface area contributed by atoms with Gasteiger partial charge in [-0.1, -0.05) is 0 Å². The number of nitrogens with one attached hydrogen (secondary N) is 1. The molecule has 1 unspecified atom stereocenters. The Morgan fingerprint density at radius 2 is 1.94 bits per heavy atom. The molecule has 2 aliphatic rings. The Balaban J connectivity index is 1.86. The molecule has 0 spiro atoms. The lowest BCUT2D eigenvalue weighted by Crippen LogP contribution is -2.50. The molecule has 17 heavy (non-hydrogen) atoms. The van der Waals surface area contributed by atoms with Crippen LogP contribution in [0.25, 0.3) is 0 Å². The number of carboxylic acid groups (broad SMARTS) is 1. The maximum atomic E-state index is 12.0. The van der Waals surface area contributed by atoms with Gasteiger partial charge >= 0.3 is 12.0 Å². The first-order valence-corrected chi connectivity index (χ1v) is 6.20. The minimum Gasteiger partial charge on any atom is -0.481 e. The van der Waals surface area contributed by atoms with Crippen LogP contribution in [0.1, 0.15) is 33.1 Å². The summed E-state index contributed by atoms with van der Waals surface area (Å²) in [6.45, 7) is 4.95. The summed E-state index contributed by atoms with van der Waals surface area (Å²) < 4.78 is 0. The van der Waals surface area contributed by atoms with Crippen molar-refractivity contribution in [3.05, 3.63) is 0 Å². The molecule has 1 aliphatic carbocycles. The maximum Gasteiger partial charge on any atom is 0.317 e. The molecule has 0 aromatic carbocycles. The number of rotatable bonds is 3. The normalized spacial score (nSPS) is 24.8. The van der Waals surface area contributed by atoms with Gasteiger partial charge in [-0.05, 0) is 39.0 Å². The Bertz CT molecular complexity index is 337. The lowest BCUT2D eigenvalue weighted by molar-refractivity contribution is -0.141. The second-order valence-corrected chi connectivity index (χ2v) is 5.70. The Labute approximate surface area is 101 Å². The zero-order chi connectivity index (χ0) is 12.6. The van der Waals surface area contributed by atoms with Crippen LogP contribution in [0.3, 0.4) is 0 Å². The van der Waals surface area contributed by atoms with Crippen LogP contribution in [0.5, 0.6) is 0 Å². The Hall–Kier alpha value is -1.26. The number of nitrogens with zero attached hydrogens (tertiary/aromatic N) is 1. The van der Waals surface area contributed by atoms with Crippen LogP contribution in [-0.2, 0) is 4.79 Å². The SMILES string of the molecule is CC(C)(NC(=O)N1CCC(C(=O)O)C1)C1CC1. The van der Waals surface area contributed by atoms with Crippen LogP contribution < -0.4 is 5.32 Å². The van der Waals surface area contributed by atoms with Crippen LogP contribution in [0, 0.1) is 11.8 Å². The Kier molecular flexibility index (Phi) is 3.02. The zero-order valence-corrected chi connectivity index (χ0v) is 10.4. The van der Waals surface area contributed by atoms with Gasteiger partial charge in [0.2, 0.25) is 0 Å². The number of carbonyl (C=O) groups is 2. The van der Waals surface area contributed by atoms with E-state index in [1.165, 1.54) is 12.8 Å². The number of likely N-dealkylation sites (tertiary alicyclic amines) is 1. The first-order valence-electron chi connectivity index (χ1n) is 6.20. The van der Waals surface area contributed by atoms with E-state index in [1.54, 1.807) is 4.90 Å². The minimum atomic E-state index is -0.804. The van der Waals surface area contributed by atoms with Crippen LogP contribution in [0.15, 0.2) is 0 Å². The first-order chi connectivity index (χ1) is 7.90. The zero-order valence-electron chi connectivity index (χ0n) is 10.4. The number of hydrogen-bond acceptors (Lipinski definition) is 2. The van der Waals surface area contributed by atoms with Crippen LogP contribution in [0.4, 0.5) is 4.79 Å². The van der Waals surface area contributed by atoms with Crippen molar-refractivity contribution in [1.29, 1.82) is 0 Å². The largest absolute Gasteiger partial charge is 0.481 e. The highest BCUT2D eigenvalue weighted by molar-refractivity contribution is 5.78. The highest BCUT2D eigenvalue weighted by Gasteiger charge is 2.40. The van der Waals surface area contributed by atoms with Crippen molar-refractivity contribution in [3.8, 4) is 0 Å². The molecular formula is C12H20N2O3. The van der Waals surface area contributed by atoms with E-state index in [2.05, 4.69) is 5.32 Å². The third-order valence-corrected chi connectivity index (χ3v) is 3.85. The van der Waals surface area contributed by atoms with Crippen LogP contribution in [-0.4, -0.2) is 40.6 Å². The van der Waals surface area contributed by atoms with E-state index in [4.69, 9.17) is 5.11 Å². The van der Waals surface area contributed by atoms with Gasteiger partial charge in [0.15, 0.2) is 0 Å². The molecule has 1 atom stereocenters. The van der Waals surface area contributed by atoms with E-state index in [0.29, 0.717) is 25.4 Å². The van der Waals surface area contributed by atoms with Crippen molar-refractivity contribution in [1.82, 2.24) is 10.2 Å².